The molecule has 0 radical (unpaired) electrons. The zero-order chi connectivity index (χ0) is 11.5. The van der Waals surface area contributed by atoms with Crippen LogP contribution in [0.5, 0.6) is 0 Å². The smallest absolute Gasteiger partial charge is 0.335 e. The van der Waals surface area contributed by atoms with Gasteiger partial charge in [-0.1, -0.05) is 19.1 Å². The Kier molecular flexibility index (Phi) is 3.25. The lowest BCUT2D eigenvalue weighted by atomic mass is 9.82. The fourth-order valence-corrected chi connectivity index (χ4v) is 2.34. The van der Waals surface area contributed by atoms with Crippen LogP contribution >= 0.6 is 0 Å². The maximum Gasteiger partial charge on any atom is 0.335 e. The molecule has 3 heteroatoms. The van der Waals surface area contributed by atoms with Crippen molar-refractivity contribution >= 4 is 5.97 Å². The number of rotatable bonds is 2. The second-order valence-electron chi connectivity index (χ2n) is 4.51. The van der Waals surface area contributed by atoms with Crippen molar-refractivity contribution in [3.63, 3.8) is 0 Å². The first kappa shape index (κ1) is 11.1. The van der Waals surface area contributed by atoms with Crippen LogP contribution < -0.4 is 5.32 Å². The molecule has 1 aliphatic heterocycles. The standard InChI is InChI=1S/C13H17NO2/c1-9-5-6-14-8-12(9)10-3-2-4-11(7-10)13(15)16/h2-4,7,9,12,14H,5-6,8H2,1H3,(H,15,16). The maximum atomic E-state index is 10.9. The summed E-state index contributed by atoms with van der Waals surface area (Å²) in [5, 5.41) is 12.3. The monoisotopic (exact) mass is 219 g/mol. The van der Waals surface area contributed by atoms with Crippen LogP contribution in [0, 0.1) is 5.92 Å². The SMILES string of the molecule is CC1CCNCC1c1cccc(C(=O)O)c1. The molecule has 1 saturated heterocycles. The van der Waals surface area contributed by atoms with E-state index in [1.807, 2.05) is 12.1 Å². The van der Waals surface area contributed by atoms with Crippen molar-refractivity contribution in [2.45, 2.75) is 19.3 Å². The van der Waals surface area contributed by atoms with E-state index >= 15 is 0 Å². The zero-order valence-electron chi connectivity index (χ0n) is 9.44. The largest absolute Gasteiger partial charge is 0.478 e. The molecule has 16 heavy (non-hydrogen) atoms. The van der Waals surface area contributed by atoms with Crippen LogP contribution in [0.2, 0.25) is 0 Å². The van der Waals surface area contributed by atoms with E-state index in [9.17, 15) is 4.79 Å². The summed E-state index contributed by atoms with van der Waals surface area (Å²) in [5.41, 5.74) is 1.52. The Morgan fingerprint density at radius 3 is 3.00 bits per heavy atom. The normalized spacial score (nSPS) is 25.3. The van der Waals surface area contributed by atoms with Crippen LogP contribution in [0.3, 0.4) is 0 Å². The molecule has 2 N–H and O–H groups in total. The molecule has 86 valence electrons. The fourth-order valence-electron chi connectivity index (χ4n) is 2.34. The van der Waals surface area contributed by atoms with Gasteiger partial charge in [0.05, 0.1) is 5.56 Å². The van der Waals surface area contributed by atoms with Gasteiger partial charge in [-0.3, -0.25) is 0 Å². The molecule has 0 aromatic heterocycles. The lowest BCUT2D eigenvalue weighted by Crippen LogP contribution is -2.33. The van der Waals surface area contributed by atoms with Gasteiger partial charge in [-0.25, -0.2) is 4.79 Å². The maximum absolute atomic E-state index is 10.9. The van der Waals surface area contributed by atoms with Crippen molar-refractivity contribution in [2.24, 2.45) is 5.92 Å². The van der Waals surface area contributed by atoms with Gasteiger partial charge >= 0.3 is 5.97 Å². The number of nitrogens with one attached hydrogen (secondary N) is 1. The Labute approximate surface area is 95.5 Å². The highest BCUT2D eigenvalue weighted by Gasteiger charge is 2.23. The molecule has 1 heterocycles. The summed E-state index contributed by atoms with van der Waals surface area (Å²) in [6, 6.07) is 7.31. The lowest BCUT2D eigenvalue weighted by Gasteiger charge is -2.30. The minimum Gasteiger partial charge on any atom is -0.478 e. The van der Waals surface area contributed by atoms with Crippen molar-refractivity contribution in [3.05, 3.63) is 35.4 Å². The highest BCUT2D eigenvalue weighted by Crippen LogP contribution is 2.29. The number of hydrogen-bond acceptors (Lipinski definition) is 2. The molecule has 1 aromatic carbocycles. The first-order valence-electron chi connectivity index (χ1n) is 5.72. The van der Waals surface area contributed by atoms with E-state index in [4.69, 9.17) is 5.11 Å². The van der Waals surface area contributed by atoms with E-state index in [1.165, 1.54) is 0 Å². The minimum atomic E-state index is -0.849. The second-order valence-corrected chi connectivity index (χ2v) is 4.51. The van der Waals surface area contributed by atoms with Gasteiger partial charge in [0.25, 0.3) is 0 Å². The van der Waals surface area contributed by atoms with E-state index in [1.54, 1.807) is 12.1 Å². The molecule has 0 aliphatic carbocycles. The van der Waals surface area contributed by atoms with E-state index in [2.05, 4.69) is 12.2 Å². The van der Waals surface area contributed by atoms with Gasteiger partial charge in [0.15, 0.2) is 0 Å². The Morgan fingerprint density at radius 1 is 1.50 bits per heavy atom. The molecule has 2 unspecified atom stereocenters. The van der Waals surface area contributed by atoms with Gasteiger partial charge in [-0.15, -0.1) is 0 Å². The molecular weight excluding hydrogens is 202 g/mol. The van der Waals surface area contributed by atoms with Gasteiger partial charge in [-0.05, 0) is 42.5 Å². The van der Waals surface area contributed by atoms with Crippen LogP contribution in [-0.4, -0.2) is 24.2 Å². The predicted molar refractivity (Wildman–Crippen MR) is 62.8 cm³/mol. The molecular formula is C13H17NO2. The average Bonchev–Trinajstić information content (AvgIpc) is 2.30. The molecule has 0 spiro atoms. The third kappa shape index (κ3) is 2.25. The Hall–Kier alpha value is -1.35. The molecule has 0 bridgehead atoms. The van der Waals surface area contributed by atoms with Crippen molar-refractivity contribution in [1.82, 2.24) is 5.32 Å². The minimum absolute atomic E-state index is 0.385. The molecule has 0 saturated carbocycles. The second kappa shape index (κ2) is 4.66. The first-order valence-corrected chi connectivity index (χ1v) is 5.72. The van der Waals surface area contributed by atoms with Crippen LogP contribution in [0.1, 0.15) is 35.2 Å². The van der Waals surface area contributed by atoms with Gasteiger partial charge in [0.1, 0.15) is 0 Å². The van der Waals surface area contributed by atoms with Crippen molar-refractivity contribution in [1.29, 1.82) is 0 Å². The van der Waals surface area contributed by atoms with E-state index < -0.39 is 5.97 Å². The summed E-state index contributed by atoms with van der Waals surface area (Å²) in [6.45, 7) is 4.25. The van der Waals surface area contributed by atoms with Gasteiger partial charge in [0.2, 0.25) is 0 Å². The van der Waals surface area contributed by atoms with E-state index in [-0.39, 0.29) is 0 Å². The lowest BCUT2D eigenvalue weighted by molar-refractivity contribution is 0.0696. The Bertz CT molecular complexity index is 389. The number of piperidine rings is 1. The average molecular weight is 219 g/mol. The van der Waals surface area contributed by atoms with Crippen molar-refractivity contribution in [2.75, 3.05) is 13.1 Å². The molecule has 2 rings (SSSR count). The van der Waals surface area contributed by atoms with Crippen LogP contribution in [0.4, 0.5) is 0 Å². The van der Waals surface area contributed by atoms with Crippen LogP contribution in [0.25, 0.3) is 0 Å². The Balaban J connectivity index is 2.25. The summed E-state index contributed by atoms with van der Waals surface area (Å²) >= 11 is 0. The number of carboxylic acid groups (broad SMARTS) is 1. The molecule has 0 amide bonds. The third-order valence-corrected chi connectivity index (χ3v) is 3.39. The first-order chi connectivity index (χ1) is 7.68. The summed E-state index contributed by atoms with van der Waals surface area (Å²) in [4.78, 5) is 10.9. The Morgan fingerprint density at radius 2 is 2.31 bits per heavy atom. The molecule has 1 aliphatic rings. The number of carbonyl (C=O) groups is 1. The highest BCUT2D eigenvalue weighted by molar-refractivity contribution is 5.87. The topological polar surface area (TPSA) is 49.3 Å². The zero-order valence-corrected chi connectivity index (χ0v) is 9.44. The van der Waals surface area contributed by atoms with Crippen molar-refractivity contribution in [3.8, 4) is 0 Å². The molecule has 3 nitrogen and oxygen atoms in total. The quantitative estimate of drug-likeness (QED) is 0.800. The highest BCUT2D eigenvalue weighted by atomic mass is 16.4. The van der Waals surface area contributed by atoms with Crippen LogP contribution in [0.15, 0.2) is 24.3 Å². The number of hydrogen-bond donors (Lipinski definition) is 2. The van der Waals surface area contributed by atoms with Gasteiger partial charge in [0, 0.05) is 6.54 Å². The van der Waals surface area contributed by atoms with Gasteiger partial charge in [-0.2, -0.15) is 0 Å². The van der Waals surface area contributed by atoms with Crippen molar-refractivity contribution < 1.29 is 9.90 Å². The fraction of sp³-hybridized carbons (Fsp3) is 0.462. The van der Waals surface area contributed by atoms with Gasteiger partial charge < -0.3 is 10.4 Å². The summed E-state index contributed by atoms with van der Waals surface area (Å²) in [7, 11) is 0. The summed E-state index contributed by atoms with van der Waals surface area (Å²) < 4.78 is 0. The summed E-state index contributed by atoms with van der Waals surface area (Å²) in [5.74, 6) is 0.205. The number of carboxylic acids is 1. The number of aromatic carboxylic acids is 1. The van der Waals surface area contributed by atoms with E-state index in [0.717, 1.165) is 25.1 Å². The molecule has 1 fully saturated rings. The van der Waals surface area contributed by atoms with Crippen LogP contribution in [-0.2, 0) is 0 Å². The van der Waals surface area contributed by atoms with E-state index in [0.29, 0.717) is 17.4 Å². The predicted octanol–water partition coefficient (Wildman–Crippen LogP) is 2.10. The molecule has 1 aromatic rings. The summed E-state index contributed by atoms with van der Waals surface area (Å²) in [6.07, 6.45) is 1.15. The number of benzene rings is 1. The third-order valence-electron chi connectivity index (χ3n) is 3.39. The molecule has 2 atom stereocenters.